The minimum absolute atomic E-state index is 0.0841. The smallest absolute Gasteiger partial charge is 0.255 e. The molecule has 0 aliphatic carbocycles. The third kappa shape index (κ3) is 5.57. The average molecular weight is 396 g/mol. The molecule has 0 bridgehead atoms. The van der Waals surface area contributed by atoms with Crippen molar-refractivity contribution in [2.75, 3.05) is 39.8 Å². The lowest BCUT2D eigenvalue weighted by atomic mass is 10.1. The minimum atomic E-state index is -0.224. The summed E-state index contributed by atoms with van der Waals surface area (Å²) in [4.78, 5) is 29.1. The molecule has 1 fully saturated rings. The van der Waals surface area contributed by atoms with Gasteiger partial charge >= 0.3 is 0 Å². The molecule has 2 amide bonds. The number of rotatable bonds is 7. The van der Waals surface area contributed by atoms with Gasteiger partial charge < -0.3 is 15.0 Å². The zero-order valence-corrected chi connectivity index (χ0v) is 17.2. The Morgan fingerprint density at radius 1 is 1.00 bits per heavy atom. The van der Waals surface area contributed by atoms with E-state index in [4.69, 9.17) is 4.74 Å². The van der Waals surface area contributed by atoms with Gasteiger partial charge in [-0.1, -0.05) is 36.4 Å². The van der Waals surface area contributed by atoms with Crippen LogP contribution in [0.4, 0.5) is 0 Å². The van der Waals surface area contributed by atoms with Crippen LogP contribution >= 0.6 is 0 Å². The average Bonchev–Trinajstić information content (AvgIpc) is 2.75. The Labute approximate surface area is 172 Å². The van der Waals surface area contributed by atoms with Gasteiger partial charge in [-0.25, -0.2) is 0 Å². The first-order chi connectivity index (χ1) is 14.1. The van der Waals surface area contributed by atoms with Gasteiger partial charge in [-0.3, -0.25) is 14.5 Å². The van der Waals surface area contributed by atoms with Gasteiger partial charge in [0.05, 0.1) is 12.7 Å². The quantitative estimate of drug-likeness (QED) is 0.782. The number of carbonyl (C=O) groups is 2. The topological polar surface area (TPSA) is 61.9 Å². The Morgan fingerprint density at radius 3 is 2.41 bits per heavy atom. The van der Waals surface area contributed by atoms with Gasteiger partial charge in [0.2, 0.25) is 5.91 Å². The van der Waals surface area contributed by atoms with Gasteiger partial charge in [-0.2, -0.15) is 0 Å². The van der Waals surface area contributed by atoms with Crippen LogP contribution in [0.2, 0.25) is 0 Å². The Hall–Kier alpha value is -2.86. The number of aryl methyl sites for hydroxylation is 1. The number of amides is 2. The summed E-state index contributed by atoms with van der Waals surface area (Å²) in [5.41, 5.74) is 3.12. The molecule has 0 spiro atoms. The van der Waals surface area contributed by atoms with Gasteiger partial charge in [0, 0.05) is 45.7 Å². The minimum Gasteiger partial charge on any atom is -0.496 e. The third-order valence-electron chi connectivity index (χ3n) is 5.36. The fourth-order valence-electron chi connectivity index (χ4n) is 3.55. The van der Waals surface area contributed by atoms with E-state index in [1.807, 2.05) is 11.0 Å². The molecule has 1 heterocycles. The molecule has 2 aromatic rings. The number of piperazine rings is 1. The molecule has 0 aromatic heterocycles. The number of benzene rings is 2. The number of nitrogens with zero attached hydrogens (tertiary/aromatic N) is 2. The van der Waals surface area contributed by atoms with Crippen molar-refractivity contribution in [2.24, 2.45) is 0 Å². The highest BCUT2D eigenvalue weighted by Gasteiger charge is 2.21. The molecule has 1 aliphatic rings. The van der Waals surface area contributed by atoms with Crippen molar-refractivity contribution in [3.63, 3.8) is 0 Å². The Kier molecular flexibility index (Phi) is 7.25. The molecule has 1 N–H and O–H groups in total. The molecule has 0 saturated carbocycles. The summed E-state index contributed by atoms with van der Waals surface area (Å²) in [6.45, 7) is 6.56. The van der Waals surface area contributed by atoms with Crippen LogP contribution in [0, 0.1) is 6.92 Å². The number of ether oxygens (including phenoxy) is 1. The Morgan fingerprint density at radius 2 is 1.69 bits per heavy atom. The van der Waals surface area contributed by atoms with Crippen molar-refractivity contribution in [3.8, 4) is 5.75 Å². The summed E-state index contributed by atoms with van der Waals surface area (Å²) in [5, 5.41) is 2.81. The third-order valence-corrected chi connectivity index (χ3v) is 5.36. The summed E-state index contributed by atoms with van der Waals surface area (Å²) in [5.74, 6) is 0.389. The van der Waals surface area contributed by atoms with E-state index in [9.17, 15) is 9.59 Å². The van der Waals surface area contributed by atoms with E-state index in [1.165, 1.54) is 18.2 Å². The highest BCUT2D eigenvalue weighted by atomic mass is 16.5. The summed E-state index contributed by atoms with van der Waals surface area (Å²) in [6.07, 6.45) is 0.304. The predicted octanol–water partition coefficient (Wildman–Crippen LogP) is 2.47. The van der Waals surface area contributed by atoms with Crippen molar-refractivity contribution in [2.45, 2.75) is 19.9 Å². The van der Waals surface area contributed by atoms with Gasteiger partial charge in [0.25, 0.3) is 5.91 Å². The van der Waals surface area contributed by atoms with Crippen LogP contribution in [-0.4, -0.2) is 61.4 Å². The lowest BCUT2D eigenvalue weighted by Gasteiger charge is -2.35. The normalized spacial score (nSPS) is 14.5. The second-order valence-electron chi connectivity index (χ2n) is 7.29. The molecule has 0 radical (unpaired) electrons. The summed E-state index contributed by atoms with van der Waals surface area (Å²) >= 11 is 0. The van der Waals surface area contributed by atoms with E-state index >= 15 is 0 Å². The summed E-state index contributed by atoms with van der Waals surface area (Å²) < 4.78 is 5.21. The van der Waals surface area contributed by atoms with Crippen molar-refractivity contribution in [3.05, 3.63) is 65.2 Å². The maximum absolute atomic E-state index is 12.5. The molecule has 0 atom stereocenters. The van der Waals surface area contributed by atoms with Crippen LogP contribution in [0.3, 0.4) is 0 Å². The molecular formula is C23H29N3O3. The van der Waals surface area contributed by atoms with Crippen LogP contribution in [-0.2, 0) is 11.3 Å². The molecule has 154 valence electrons. The van der Waals surface area contributed by atoms with Gasteiger partial charge in [0.1, 0.15) is 5.75 Å². The first kappa shape index (κ1) is 20.9. The van der Waals surface area contributed by atoms with Crippen LogP contribution in [0.1, 0.15) is 27.9 Å². The van der Waals surface area contributed by atoms with Crippen molar-refractivity contribution in [1.29, 1.82) is 0 Å². The van der Waals surface area contributed by atoms with E-state index in [2.05, 4.69) is 41.4 Å². The molecule has 2 aromatic carbocycles. The lowest BCUT2D eigenvalue weighted by Crippen LogP contribution is -2.48. The number of nitrogens with one attached hydrogen (secondary N) is 1. The number of methoxy groups -OCH3 is 1. The Balaban J connectivity index is 1.41. The number of hydrogen-bond acceptors (Lipinski definition) is 4. The van der Waals surface area contributed by atoms with Crippen LogP contribution in [0.5, 0.6) is 5.75 Å². The second kappa shape index (κ2) is 10.1. The molecule has 3 rings (SSSR count). The van der Waals surface area contributed by atoms with E-state index in [-0.39, 0.29) is 11.8 Å². The molecule has 6 nitrogen and oxygen atoms in total. The van der Waals surface area contributed by atoms with Crippen LogP contribution < -0.4 is 10.1 Å². The highest BCUT2D eigenvalue weighted by Crippen LogP contribution is 2.17. The zero-order chi connectivity index (χ0) is 20.6. The van der Waals surface area contributed by atoms with E-state index in [0.29, 0.717) is 24.3 Å². The maximum Gasteiger partial charge on any atom is 0.255 e. The molecule has 1 aliphatic heterocycles. The highest BCUT2D eigenvalue weighted by molar-refractivity contribution is 5.97. The van der Waals surface area contributed by atoms with E-state index in [0.717, 1.165) is 32.7 Å². The summed E-state index contributed by atoms with van der Waals surface area (Å²) in [6, 6.07) is 15.5. The van der Waals surface area contributed by atoms with Crippen molar-refractivity contribution >= 4 is 11.8 Å². The lowest BCUT2D eigenvalue weighted by molar-refractivity contribution is -0.132. The number of carbonyl (C=O) groups excluding carboxylic acids is 2. The van der Waals surface area contributed by atoms with Gasteiger partial charge in [-0.05, 0) is 30.2 Å². The molecule has 0 unspecified atom stereocenters. The molecule has 29 heavy (non-hydrogen) atoms. The van der Waals surface area contributed by atoms with Gasteiger partial charge in [0.15, 0.2) is 0 Å². The van der Waals surface area contributed by atoms with Crippen molar-refractivity contribution < 1.29 is 14.3 Å². The van der Waals surface area contributed by atoms with Crippen LogP contribution in [0.15, 0.2) is 48.5 Å². The maximum atomic E-state index is 12.5. The molecule has 6 heteroatoms. The zero-order valence-electron chi connectivity index (χ0n) is 17.2. The SMILES string of the molecule is COc1ccccc1C(=O)NCCC(=O)N1CCN(Cc2ccccc2C)CC1. The van der Waals surface area contributed by atoms with E-state index in [1.54, 1.807) is 18.2 Å². The fraction of sp³-hybridized carbons (Fsp3) is 0.391. The van der Waals surface area contributed by atoms with Gasteiger partial charge in [-0.15, -0.1) is 0 Å². The monoisotopic (exact) mass is 395 g/mol. The summed E-state index contributed by atoms with van der Waals surface area (Å²) in [7, 11) is 1.54. The standard InChI is InChI=1S/C23H29N3O3/c1-18-7-3-4-8-19(18)17-25-13-15-26(16-14-25)22(27)11-12-24-23(28)20-9-5-6-10-21(20)29-2/h3-10H,11-17H2,1-2H3,(H,24,28). The predicted molar refractivity (Wildman–Crippen MR) is 113 cm³/mol. The van der Waals surface area contributed by atoms with Crippen LogP contribution in [0.25, 0.3) is 0 Å². The Bertz CT molecular complexity index is 845. The largest absolute Gasteiger partial charge is 0.496 e. The van der Waals surface area contributed by atoms with E-state index < -0.39 is 0 Å². The first-order valence-electron chi connectivity index (χ1n) is 10.0. The first-order valence-corrected chi connectivity index (χ1v) is 10.0. The number of para-hydroxylation sites is 1. The molecule has 1 saturated heterocycles. The second-order valence-corrected chi connectivity index (χ2v) is 7.29. The molecular weight excluding hydrogens is 366 g/mol. The van der Waals surface area contributed by atoms with Crippen molar-refractivity contribution in [1.82, 2.24) is 15.1 Å². The fourth-order valence-corrected chi connectivity index (χ4v) is 3.55. The number of hydrogen-bond donors (Lipinski definition) is 1.